The third kappa shape index (κ3) is 3.62. The third-order valence-corrected chi connectivity index (χ3v) is 5.59. The smallest absolute Gasteiger partial charge is 0.306 e. The number of carboxylic acid groups (broad SMARTS) is 1. The molecule has 3 heterocycles. The number of carbonyl (C=O) groups excluding carboxylic acids is 1. The number of aromatic nitrogens is 2. The molecule has 1 fully saturated rings. The first-order valence-corrected chi connectivity index (χ1v) is 9.71. The van der Waals surface area contributed by atoms with Gasteiger partial charge in [-0.25, -0.2) is 4.98 Å². The Balaban J connectivity index is 1.65. The maximum absolute atomic E-state index is 13.1. The molecule has 1 amide bonds. The maximum atomic E-state index is 13.1. The fraction of sp³-hybridized carbons (Fsp3) is 0.429. The summed E-state index contributed by atoms with van der Waals surface area (Å²) in [5, 5.41) is 16.8. The zero-order valence-electron chi connectivity index (χ0n) is 16.6. The molecule has 2 N–H and O–H groups in total. The minimum atomic E-state index is -0.763. The van der Waals surface area contributed by atoms with E-state index in [0.29, 0.717) is 59.5 Å². The van der Waals surface area contributed by atoms with Gasteiger partial charge in [0.2, 0.25) is 0 Å². The van der Waals surface area contributed by atoms with E-state index in [1.54, 1.807) is 13.0 Å². The van der Waals surface area contributed by atoms with Crippen molar-refractivity contribution in [2.75, 3.05) is 0 Å². The van der Waals surface area contributed by atoms with Gasteiger partial charge in [-0.05, 0) is 58.6 Å². The predicted molar refractivity (Wildman–Crippen MR) is 105 cm³/mol. The first-order valence-electron chi connectivity index (χ1n) is 9.71. The number of amides is 1. The largest absolute Gasteiger partial charge is 0.481 e. The molecule has 0 aromatic carbocycles. The average molecular weight is 397 g/mol. The number of nitrogens with zero attached hydrogens (tertiary/aromatic N) is 2. The van der Waals surface area contributed by atoms with Crippen LogP contribution in [0.4, 0.5) is 0 Å². The highest BCUT2D eigenvalue weighted by molar-refractivity contribution is 6.07. The molecule has 0 saturated heterocycles. The third-order valence-electron chi connectivity index (χ3n) is 5.59. The van der Waals surface area contributed by atoms with E-state index in [9.17, 15) is 9.59 Å². The molecule has 0 spiro atoms. The van der Waals surface area contributed by atoms with Crippen molar-refractivity contribution < 1.29 is 23.6 Å². The molecule has 4 rings (SSSR count). The molecule has 1 aliphatic rings. The number of rotatable bonds is 4. The SMILES string of the molecule is Cc1cc(-c2cc(C(=O)NC3CCC(C(=O)O)CC3)c3c(C)noc3n2)c(C)o1. The van der Waals surface area contributed by atoms with Crippen LogP contribution in [0.3, 0.4) is 0 Å². The zero-order valence-corrected chi connectivity index (χ0v) is 16.6. The van der Waals surface area contributed by atoms with Crippen LogP contribution >= 0.6 is 0 Å². The van der Waals surface area contributed by atoms with Crippen molar-refractivity contribution in [3.8, 4) is 11.3 Å². The van der Waals surface area contributed by atoms with Crippen LogP contribution in [0.15, 0.2) is 21.1 Å². The van der Waals surface area contributed by atoms with Crippen molar-refractivity contribution >= 4 is 23.0 Å². The number of carbonyl (C=O) groups is 2. The molecule has 3 aromatic rings. The molecule has 8 heteroatoms. The summed E-state index contributed by atoms with van der Waals surface area (Å²) in [5.74, 6) is 0.149. The maximum Gasteiger partial charge on any atom is 0.306 e. The van der Waals surface area contributed by atoms with Crippen LogP contribution in [0, 0.1) is 26.7 Å². The van der Waals surface area contributed by atoms with E-state index in [1.807, 2.05) is 19.9 Å². The normalized spacial score (nSPS) is 19.4. The molecular weight excluding hydrogens is 374 g/mol. The van der Waals surface area contributed by atoms with Gasteiger partial charge in [0.05, 0.1) is 28.3 Å². The van der Waals surface area contributed by atoms with Gasteiger partial charge in [-0.15, -0.1) is 0 Å². The highest BCUT2D eigenvalue weighted by atomic mass is 16.5. The van der Waals surface area contributed by atoms with Gasteiger partial charge in [-0.2, -0.15) is 0 Å². The van der Waals surface area contributed by atoms with Gasteiger partial charge in [0.15, 0.2) is 0 Å². The summed E-state index contributed by atoms with van der Waals surface area (Å²) in [6.45, 7) is 5.48. The highest BCUT2D eigenvalue weighted by Crippen LogP contribution is 2.31. The van der Waals surface area contributed by atoms with E-state index in [4.69, 9.17) is 14.0 Å². The lowest BCUT2D eigenvalue weighted by Crippen LogP contribution is -2.38. The second-order valence-electron chi connectivity index (χ2n) is 7.69. The number of aryl methyl sites for hydroxylation is 3. The molecule has 1 saturated carbocycles. The summed E-state index contributed by atoms with van der Waals surface area (Å²) in [6.07, 6.45) is 2.42. The van der Waals surface area contributed by atoms with Crippen LogP contribution < -0.4 is 5.32 Å². The number of furan rings is 1. The standard InChI is InChI=1S/C21H23N3O5/c1-10-8-15(12(3)28-10)17-9-16(18-11(2)24-29-20(18)23-17)19(25)22-14-6-4-13(5-7-14)21(26)27/h8-9,13-14H,4-7H2,1-3H3,(H,22,25)(H,26,27). The number of nitrogens with one attached hydrogen (secondary N) is 1. The monoisotopic (exact) mass is 397 g/mol. The van der Waals surface area contributed by atoms with Gasteiger partial charge >= 0.3 is 5.97 Å². The number of fused-ring (bicyclic) bond motifs is 1. The molecule has 0 unspecified atom stereocenters. The highest BCUT2D eigenvalue weighted by Gasteiger charge is 2.28. The van der Waals surface area contributed by atoms with Crippen LogP contribution in [0.1, 0.15) is 53.3 Å². The lowest BCUT2D eigenvalue weighted by molar-refractivity contribution is -0.142. The average Bonchev–Trinajstić information content (AvgIpc) is 3.23. The Morgan fingerprint density at radius 2 is 1.86 bits per heavy atom. The van der Waals surface area contributed by atoms with Crippen LogP contribution in [0.2, 0.25) is 0 Å². The molecule has 29 heavy (non-hydrogen) atoms. The molecule has 0 aliphatic heterocycles. The van der Waals surface area contributed by atoms with E-state index in [2.05, 4.69) is 15.5 Å². The van der Waals surface area contributed by atoms with Crippen molar-refractivity contribution in [2.45, 2.75) is 52.5 Å². The Morgan fingerprint density at radius 3 is 2.48 bits per heavy atom. The number of pyridine rings is 1. The Kier molecular flexibility index (Phi) is 4.86. The van der Waals surface area contributed by atoms with Crippen molar-refractivity contribution in [1.29, 1.82) is 0 Å². The number of aliphatic carboxylic acids is 1. The summed E-state index contributed by atoms with van der Waals surface area (Å²) >= 11 is 0. The van der Waals surface area contributed by atoms with E-state index in [-0.39, 0.29) is 17.9 Å². The number of carboxylic acids is 1. The zero-order chi connectivity index (χ0) is 20.7. The summed E-state index contributed by atoms with van der Waals surface area (Å²) in [7, 11) is 0. The molecular formula is C21H23N3O5. The van der Waals surface area contributed by atoms with Crippen LogP contribution in [0.5, 0.6) is 0 Å². The molecule has 0 bridgehead atoms. The van der Waals surface area contributed by atoms with Crippen molar-refractivity contribution in [3.63, 3.8) is 0 Å². The number of hydrogen-bond donors (Lipinski definition) is 2. The minimum Gasteiger partial charge on any atom is -0.481 e. The summed E-state index contributed by atoms with van der Waals surface area (Å²) in [4.78, 5) is 28.8. The lowest BCUT2D eigenvalue weighted by atomic mass is 9.86. The van der Waals surface area contributed by atoms with Crippen LogP contribution in [0.25, 0.3) is 22.4 Å². The summed E-state index contributed by atoms with van der Waals surface area (Å²) in [5.41, 5.74) is 2.73. The fourth-order valence-corrected chi connectivity index (χ4v) is 4.04. The quantitative estimate of drug-likeness (QED) is 0.687. The second kappa shape index (κ2) is 7.35. The van der Waals surface area contributed by atoms with Gasteiger partial charge in [-0.3, -0.25) is 9.59 Å². The lowest BCUT2D eigenvalue weighted by Gasteiger charge is -2.26. The second-order valence-corrected chi connectivity index (χ2v) is 7.69. The van der Waals surface area contributed by atoms with Gasteiger partial charge in [0, 0.05) is 11.6 Å². The summed E-state index contributed by atoms with van der Waals surface area (Å²) in [6, 6.07) is 3.56. The minimum absolute atomic E-state index is 0.0529. The van der Waals surface area contributed by atoms with Crippen molar-refractivity contribution in [3.05, 3.63) is 34.9 Å². The van der Waals surface area contributed by atoms with E-state index in [0.717, 1.165) is 11.3 Å². The topological polar surface area (TPSA) is 118 Å². The Bertz CT molecular complexity index is 1090. The number of hydrogen-bond acceptors (Lipinski definition) is 6. The van der Waals surface area contributed by atoms with Crippen LogP contribution in [-0.4, -0.2) is 33.2 Å². The molecule has 0 radical (unpaired) electrons. The first-order chi connectivity index (χ1) is 13.8. The van der Waals surface area contributed by atoms with Gasteiger partial charge in [-0.1, -0.05) is 5.16 Å². The molecule has 8 nitrogen and oxygen atoms in total. The Morgan fingerprint density at radius 1 is 1.14 bits per heavy atom. The van der Waals surface area contributed by atoms with Crippen LogP contribution in [-0.2, 0) is 4.79 Å². The van der Waals surface area contributed by atoms with Gasteiger partial charge in [0.1, 0.15) is 11.5 Å². The van der Waals surface area contributed by atoms with Gasteiger partial charge < -0.3 is 19.4 Å². The van der Waals surface area contributed by atoms with Gasteiger partial charge in [0.25, 0.3) is 11.6 Å². The fourth-order valence-electron chi connectivity index (χ4n) is 4.04. The Hall–Kier alpha value is -3.16. The molecule has 152 valence electrons. The predicted octanol–water partition coefficient (Wildman–Crippen LogP) is 3.78. The molecule has 0 atom stereocenters. The molecule has 3 aromatic heterocycles. The first kappa shape index (κ1) is 19.2. The Labute approximate surface area is 167 Å². The summed E-state index contributed by atoms with van der Waals surface area (Å²) < 4.78 is 10.9. The van der Waals surface area contributed by atoms with Crippen molar-refractivity contribution in [1.82, 2.24) is 15.5 Å². The van der Waals surface area contributed by atoms with Crippen molar-refractivity contribution in [2.24, 2.45) is 5.92 Å². The molecule has 1 aliphatic carbocycles. The van der Waals surface area contributed by atoms with E-state index in [1.165, 1.54) is 0 Å². The van der Waals surface area contributed by atoms with E-state index >= 15 is 0 Å². The van der Waals surface area contributed by atoms with E-state index < -0.39 is 5.97 Å².